The van der Waals surface area contributed by atoms with E-state index in [-0.39, 0.29) is 24.8 Å². The number of hydrogen-bond donors (Lipinski definition) is 1. The molecule has 31 heavy (non-hydrogen) atoms. The van der Waals surface area contributed by atoms with Crippen molar-refractivity contribution < 1.29 is 33.3 Å². The Bertz CT molecular complexity index is 928. The summed E-state index contributed by atoms with van der Waals surface area (Å²) in [6.45, 7) is 1.91. The number of hydrogen-bond acceptors (Lipinski definition) is 7. The van der Waals surface area contributed by atoms with Crippen molar-refractivity contribution >= 4 is 17.8 Å². The fraction of sp³-hybridized carbons (Fsp3) is 0.304. The molecule has 0 saturated carbocycles. The van der Waals surface area contributed by atoms with E-state index < -0.39 is 0 Å². The van der Waals surface area contributed by atoms with Gasteiger partial charge in [-0.1, -0.05) is 0 Å². The summed E-state index contributed by atoms with van der Waals surface area (Å²) in [5, 5.41) is 2.73. The Morgan fingerprint density at radius 2 is 1.58 bits per heavy atom. The van der Waals surface area contributed by atoms with Gasteiger partial charge in [0.05, 0.1) is 40.5 Å². The maximum absolute atomic E-state index is 12.1. The lowest BCUT2D eigenvalue weighted by molar-refractivity contribution is -0.116. The largest absolute Gasteiger partial charge is 0.497 e. The van der Waals surface area contributed by atoms with Crippen LogP contribution in [0.3, 0.4) is 0 Å². The molecule has 1 N–H and O–H groups in total. The van der Waals surface area contributed by atoms with E-state index in [1.807, 2.05) is 0 Å². The molecule has 8 nitrogen and oxygen atoms in total. The van der Waals surface area contributed by atoms with Gasteiger partial charge in [0.1, 0.15) is 18.1 Å². The zero-order valence-corrected chi connectivity index (χ0v) is 18.3. The molecular weight excluding hydrogens is 402 g/mol. The molecule has 0 atom stereocenters. The second-order valence-electron chi connectivity index (χ2n) is 6.35. The van der Waals surface area contributed by atoms with Crippen molar-refractivity contribution in [1.29, 1.82) is 0 Å². The van der Waals surface area contributed by atoms with Crippen molar-refractivity contribution in [1.82, 2.24) is 5.32 Å². The van der Waals surface area contributed by atoms with Crippen LogP contribution in [0.2, 0.25) is 0 Å². The van der Waals surface area contributed by atoms with Gasteiger partial charge in [-0.15, -0.1) is 0 Å². The average Bonchev–Trinajstić information content (AvgIpc) is 2.79. The van der Waals surface area contributed by atoms with Crippen LogP contribution in [0.4, 0.5) is 0 Å². The number of ether oxygens (including phenoxy) is 5. The van der Waals surface area contributed by atoms with Gasteiger partial charge >= 0.3 is 0 Å². The third kappa shape index (κ3) is 6.40. The first-order chi connectivity index (χ1) is 14.9. The van der Waals surface area contributed by atoms with Gasteiger partial charge in [0.15, 0.2) is 17.3 Å². The van der Waals surface area contributed by atoms with Crippen LogP contribution in [0, 0.1) is 0 Å². The zero-order valence-electron chi connectivity index (χ0n) is 18.3. The lowest BCUT2D eigenvalue weighted by atomic mass is 10.1. The number of nitrogens with one attached hydrogen (secondary N) is 1. The first-order valence-corrected chi connectivity index (χ1v) is 9.51. The minimum atomic E-state index is -0.296. The molecule has 8 heteroatoms. The Morgan fingerprint density at radius 3 is 2.13 bits per heavy atom. The van der Waals surface area contributed by atoms with E-state index in [2.05, 4.69) is 5.32 Å². The van der Waals surface area contributed by atoms with Crippen LogP contribution in [0.5, 0.6) is 28.7 Å². The summed E-state index contributed by atoms with van der Waals surface area (Å²) >= 11 is 0. The van der Waals surface area contributed by atoms with Crippen LogP contribution in [0.1, 0.15) is 22.8 Å². The van der Waals surface area contributed by atoms with Crippen molar-refractivity contribution in [3.05, 3.63) is 47.5 Å². The number of methoxy groups -OCH3 is 4. The highest BCUT2D eigenvalue weighted by Gasteiger charge is 2.12. The molecule has 0 unspecified atom stereocenters. The fourth-order valence-electron chi connectivity index (χ4n) is 2.80. The molecule has 0 bridgehead atoms. The molecule has 0 aliphatic rings. The molecule has 0 saturated heterocycles. The maximum Gasteiger partial charge on any atom is 0.244 e. The number of carbonyl (C=O) groups excluding carboxylic acids is 2. The van der Waals surface area contributed by atoms with Crippen LogP contribution in [-0.2, 0) is 4.79 Å². The third-order valence-electron chi connectivity index (χ3n) is 4.34. The average molecular weight is 429 g/mol. The second kappa shape index (κ2) is 11.5. The topological polar surface area (TPSA) is 92.3 Å². The summed E-state index contributed by atoms with van der Waals surface area (Å²) in [5.74, 6) is 2.05. The first-order valence-electron chi connectivity index (χ1n) is 9.51. The Balaban J connectivity index is 1.95. The Morgan fingerprint density at radius 1 is 0.903 bits per heavy atom. The van der Waals surface area contributed by atoms with Gasteiger partial charge in [-0.2, -0.15) is 0 Å². The lowest BCUT2D eigenvalue weighted by Gasteiger charge is -2.13. The number of rotatable bonds is 11. The van der Waals surface area contributed by atoms with Gasteiger partial charge in [0.2, 0.25) is 11.7 Å². The lowest BCUT2D eigenvalue weighted by Crippen LogP contribution is -2.26. The van der Waals surface area contributed by atoms with Crippen LogP contribution in [0.15, 0.2) is 36.4 Å². The normalized spacial score (nSPS) is 10.5. The van der Waals surface area contributed by atoms with Crippen molar-refractivity contribution in [2.24, 2.45) is 0 Å². The summed E-state index contributed by atoms with van der Waals surface area (Å²) in [4.78, 5) is 23.9. The van der Waals surface area contributed by atoms with E-state index in [1.54, 1.807) is 36.4 Å². The molecule has 0 heterocycles. The van der Waals surface area contributed by atoms with E-state index in [4.69, 9.17) is 23.7 Å². The minimum absolute atomic E-state index is 0.116. The van der Waals surface area contributed by atoms with Crippen LogP contribution in [0.25, 0.3) is 6.08 Å². The van der Waals surface area contributed by atoms with E-state index in [0.717, 1.165) is 0 Å². The second-order valence-corrected chi connectivity index (χ2v) is 6.35. The number of amides is 1. The number of ketones is 1. The van der Waals surface area contributed by atoms with Gasteiger partial charge in [-0.25, -0.2) is 0 Å². The SMILES string of the molecule is COc1ccc(C(C)=O)c(OCCNC(=O)/C=C/c2cc(OC)c(OC)c(OC)c2)c1. The highest BCUT2D eigenvalue weighted by molar-refractivity contribution is 5.97. The molecule has 0 aliphatic heterocycles. The van der Waals surface area contributed by atoms with E-state index in [1.165, 1.54) is 41.4 Å². The fourth-order valence-corrected chi connectivity index (χ4v) is 2.80. The number of carbonyl (C=O) groups is 2. The molecule has 0 aliphatic carbocycles. The summed E-state index contributed by atoms with van der Waals surface area (Å²) in [7, 11) is 6.11. The predicted octanol–water partition coefficient (Wildman–Crippen LogP) is 3.13. The van der Waals surface area contributed by atoms with E-state index in [9.17, 15) is 9.59 Å². The highest BCUT2D eigenvalue weighted by Crippen LogP contribution is 2.38. The third-order valence-corrected chi connectivity index (χ3v) is 4.34. The highest BCUT2D eigenvalue weighted by atomic mass is 16.5. The molecule has 2 rings (SSSR count). The van der Waals surface area contributed by atoms with Gasteiger partial charge in [0.25, 0.3) is 0 Å². The molecule has 0 aromatic heterocycles. The van der Waals surface area contributed by atoms with Crippen LogP contribution >= 0.6 is 0 Å². The molecule has 2 aromatic rings. The van der Waals surface area contributed by atoms with Crippen LogP contribution < -0.4 is 29.0 Å². The first kappa shape index (κ1) is 23.6. The maximum atomic E-state index is 12.1. The zero-order chi connectivity index (χ0) is 22.8. The molecule has 1 amide bonds. The number of benzene rings is 2. The summed E-state index contributed by atoms with van der Waals surface area (Å²) in [6, 6.07) is 8.46. The predicted molar refractivity (Wildman–Crippen MR) is 117 cm³/mol. The molecule has 166 valence electrons. The van der Waals surface area contributed by atoms with Crippen molar-refractivity contribution in [3.63, 3.8) is 0 Å². The Hall–Kier alpha value is -3.68. The number of Topliss-reactive ketones (excluding diaryl/α,β-unsaturated/α-hetero) is 1. The van der Waals surface area contributed by atoms with Gasteiger partial charge in [0, 0.05) is 12.1 Å². The minimum Gasteiger partial charge on any atom is -0.497 e. The Labute approximate surface area is 181 Å². The smallest absolute Gasteiger partial charge is 0.244 e. The summed E-state index contributed by atoms with van der Waals surface area (Å²) in [5.41, 5.74) is 1.16. The summed E-state index contributed by atoms with van der Waals surface area (Å²) in [6.07, 6.45) is 3.03. The van der Waals surface area contributed by atoms with Gasteiger partial charge in [-0.05, 0) is 42.8 Å². The Kier molecular flexibility index (Phi) is 8.75. The molecule has 0 radical (unpaired) electrons. The van der Waals surface area contributed by atoms with Crippen molar-refractivity contribution in [2.75, 3.05) is 41.6 Å². The van der Waals surface area contributed by atoms with Gasteiger partial charge < -0.3 is 29.0 Å². The van der Waals surface area contributed by atoms with Gasteiger partial charge in [-0.3, -0.25) is 9.59 Å². The van der Waals surface area contributed by atoms with E-state index in [0.29, 0.717) is 39.9 Å². The molecule has 0 fully saturated rings. The van der Waals surface area contributed by atoms with E-state index >= 15 is 0 Å². The molecule has 0 spiro atoms. The van der Waals surface area contributed by atoms with Crippen molar-refractivity contribution in [2.45, 2.75) is 6.92 Å². The molecule has 2 aromatic carbocycles. The van der Waals surface area contributed by atoms with Crippen molar-refractivity contribution in [3.8, 4) is 28.7 Å². The summed E-state index contributed by atoms with van der Waals surface area (Å²) < 4.78 is 26.7. The quantitative estimate of drug-likeness (QED) is 0.333. The monoisotopic (exact) mass is 429 g/mol. The molecular formula is C23H27NO7. The standard InChI is InChI=1S/C23H27NO7/c1-15(25)18-8-7-17(27-2)14-19(18)31-11-10-24-22(26)9-6-16-12-20(28-3)23(30-5)21(13-16)29-4/h6-9,12-14H,10-11H2,1-5H3,(H,24,26)/b9-6+. The van der Waals surface area contributed by atoms with Crippen LogP contribution in [-0.4, -0.2) is 53.3 Å².